The molecule has 9 heteroatoms. The predicted molar refractivity (Wildman–Crippen MR) is 127 cm³/mol. The van der Waals surface area contributed by atoms with Crippen LogP contribution in [-0.2, 0) is 6.42 Å². The number of nitrogens with one attached hydrogen (secondary N) is 1. The molecular formula is C26H26N4O5. The van der Waals surface area contributed by atoms with Gasteiger partial charge in [0.15, 0.2) is 11.5 Å². The Hall–Kier alpha value is -4.45. The molecule has 2 heterocycles. The van der Waals surface area contributed by atoms with Crippen molar-refractivity contribution in [2.24, 2.45) is 5.73 Å². The van der Waals surface area contributed by atoms with Crippen molar-refractivity contribution in [3.63, 3.8) is 0 Å². The van der Waals surface area contributed by atoms with Crippen molar-refractivity contribution in [3.05, 3.63) is 76.3 Å². The molecule has 0 radical (unpaired) electrons. The number of ether oxygens (including phenoxy) is 4. The van der Waals surface area contributed by atoms with Gasteiger partial charge in [0.05, 0.1) is 25.2 Å². The fourth-order valence-corrected chi connectivity index (χ4v) is 4.05. The molecule has 0 fully saturated rings. The zero-order valence-corrected chi connectivity index (χ0v) is 19.8. The number of H-pyrrole nitrogens is 1. The summed E-state index contributed by atoms with van der Waals surface area (Å²) < 4.78 is 22.3. The van der Waals surface area contributed by atoms with Crippen molar-refractivity contribution in [1.29, 1.82) is 5.26 Å². The predicted octanol–water partition coefficient (Wildman–Crippen LogP) is 4.21. The highest BCUT2D eigenvalue weighted by Crippen LogP contribution is 2.45. The lowest BCUT2D eigenvalue weighted by atomic mass is 9.83. The second-order valence-corrected chi connectivity index (χ2v) is 7.86. The molecule has 0 amide bonds. The first-order chi connectivity index (χ1) is 17.0. The molecular weight excluding hydrogens is 448 g/mol. The van der Waals surface area contributed by atoms with Gasteiger partial charge in [-0.1, -0.05) is 25.5 Å². The summed E-state index contributed by atoms with van der Waals surface area (Å²) in [5.41, 5.74) is 9.06. The number of methoxy groups -OCH3 is 1. The fourth-order valence-electron chi connectivity index (χ4n) is 4.05. The van der Waals surface area contributed by atoms with Crippen molar-refractivity contribution >= 4 is 5.97 Å². The van der Waals surface area contributed by atoms with Crippen molar-refractivity contribution in [1.82, 2.24) is 10.2 Å². The van der Waals surface area contributed by atoms with Crippen LogP contribution in [0.1, 0.15) is 53.4 Å². The maximum atomic E-state index is 12.8. The van der Waals surface area contributed by atoms with E-state index in [0.717, 1.165) is 29.7 Å². The second-order valence-electron chi connectivity index (χ2n) is 7.86. The number of aryl methyl sites for hydroxylation is 1. The molecule has 0 spiro atoms. The number of hydrogen-bond donors (Lipinski definition) is 2. The third-order valence-corrected chi connectivity index (χ3v) is 5.63. The van der Waals surface area contributed by atoms with Crippen molar-refractivity contribution < 1.29 is 23.7 Å². The van der Waals surface area contributed by atoms with E-state index in [-0.39, 0.29) is 17.2 Å². The van der Waals surface area contributed by atoms with Gasteiger partial charge in [-0.3, -0.25) is 5.10 Å². The highest BCUT2D eigenvalue weighted by Gasteiger charge is 2.35. The molecule has 1 aliphatic rings. The summed E-state index contributed by atoms with van der Waals surface area (Å²) in [7, 11) is 1.53. The molecule has 1 aliphatic heterocycles. The molecule has 0 unspecified atom stereocenters. The van der Waals surface area contributed by atoms with E-state index < -0.39 is 11.9 Å². The Balaban J connectivity index is 1.74. The third kappa shape index (κ3) is 4.64. The number of benzene rings is 2. The fraction of sp³-hybridized carbons (Fsp3) is 0.269. The molecule has 9 nitrogen and oxygen atoms in total. The smallest absolute Gasteiger partial charge is 0.343 e. The molecule has 180 valence electrons. The lowest BCUT2D eigenvalue weighted by Crippen LogP contribution is -2.21. The number of aromatic nitrogens is 2. The number of nitriles is 1. The summed E-state index contributed by atoms with van der Waals surface area (Å²) in [4.78, 5) is 12.8. The lowest BCUT2D eigenvalue weighted by Gasteiger charge is -2.24. The van der Waals surface area contributed by atoms with Crippen molar-refractivity contribution in [2.45, 2.75) is 32.6 Å². The molecule has 0 saturated carbocycles. The van der Waals surface area contributed by atoms with E-state index in [1.807, 2.05) is 6.92 Å². The molecule has 3 N–H and O–H groups in total. The average Bonchev–Trinajstić information content (AvgIpc) is 3.26. The minimum Gasteiger partial charge on any atom is -0.497 e. The largest absolute Gasteiger partial charge is 0.497 e. The van der Waals surface area contributed by atoms with E-state index in [2.05, 4.69) is 23.2 Å². The van der Waals surface area contributed by atoms with Gasteiger partial charge in [0.2, 0.25) is 11.8 Å². The number of aromatic amines is 1. The lowest BCUT2D eigenvalue weighted by molar-refractivity contribution is 0.0728. The topological polar surface area (TPSA) is 132 Å². The van der Waals surface area contributed by atoms with E-state index in [1.54, 1.807) is 42.5 Å². The molecule has 3 aromatic rings. The summed E-state index contributed by atoms with van der Waals surface area (Å²) in [6.45, 7) is 4.24. The van der Waals surface area contributed by atoms with Gasteiger partial charge in [-0.2, -0.15) is 5.26 Å². The van der Waals surface area contributed by atoms with Crippen LogP contribution in [0.5, 0.6) is 23.1 Å². The number of hydrogen-bond acceptors (Lipinski definition) is 8. The Morgan fingerprint density at radius 2 is 2.06 bits per heavy atom. The number of allylic oxidation sites excluding steroid dienone is 1. The van der Waals surface area contributed by atoms with Crippen LogP contribution in [0, 0.1) is 11.3 Å². The van der Waals surface area contributed by atoms with Crippen LogP contribution in [0.2, 0.25) is 0 Å². The zero-order valence-electron chi connectivity index (χ0n) is 19.8. The minimum absolute atomic E-state index is 0.00559. The van der Waals surface area contributed by atoms with Crippen LogP contribution in [0.15, 0.2) is 53.9 Å². The molecule has 0 aliphatic carbocycles. The Bertz CT molecular complexity index is 1320. The summed E-state index contributed by atoms with van der Waals surface area (Å²) >= 11 is 0. The molecule has 1 aromatic heterocycles. The van der Waals surface area contributed by atoms with E-state index in [9.17, 15) is 10.1 Å². The van der Waals surface area contributed by atoms with Crippen LogP contribution < -0.4 is 24.7 Å². The Labute approximate surface area is 203 Å². The average molecular weight is 475 g/mol. The van der Waals surface area contributed by atoms with Gasteiger partial charge in [-0.25, -0.2) is 4.79 Å². The van der Waals surface area contributed by atoms with Crippen LogP contribution in [-0.4, -0.2) is 29.9 Å². The number of nitrogens with zero attached hydrogens (tertiary/aromatic N) is 2. The Kier molecular flexibility index (Phi) is 6.92. The van der Waals surface area contributed by atoms with Crippen molar-refractivity contribution in [3.8, 4) is 29.2 Å². The number of nitrogens with two attached hydrogens (primary N) is 1. The summed E-state index contributed by atoms with van der Waals surface area (Å²) in [5, 5.41) is 17.1. The summed E-state index contributed by atoms with van der Waals surface area (Å²) in [6.07, 6.45) is 1.61. The van der Waals surface area contributed by atoms with Gasteiger partial charge in [-0.15, -0.1) is 5.10 Å². The molecule has 0 saturated heterocycles. The Morgan fingerprint density at radius 1 is 1.23 bits per heavy atom. The highest BCUT2D eigenvalue weighted by atomic mass is 16.6. The number of carbonyl (C=O) groups is 1. The standard InChI is InChI=1S/C26H26N4O5/c1-4-7-19-23-22(18(14-27)24(28)35-25(23)30-29-19)15-10-11-20(21(13-15)33-5-2)34-26(31)16-8-6-9-17(12-16)32-3/h6,8-13,22H,4-5,7,28H2,1-3H3,(H,29,30)/t22-/m0/s1. The quantitative estimate of drug-likeness (QED) is 0.367. The van der Waals surface area contributed by atoms with Gasteiger partial charge in [0, 0.05) is 11.3 Å². The van der Waals surface area contributed by atoms with Gasteiger partial charge >= 0.3 is 5.97 Å². The van der Waals surface area contributed by atoms with Gasteiger partial charge < -0.3 is 24.7 Å². The van der Waals surface area contributed by atoms with Crippen LogP contribution >= 0.6 is 0 Å². The first-order valence-corrected chi connectivity index (χ1v) is 11.3. The number of esters is 1. The van der Waals surface area contributed by atoms with Gasteiger partial charge in [0.25, 0.3) is 0 Å². The monoisotopic (exact) mass is 474 g/mol. The molecule has 1 atom stereocenters. The number of fused-ring (bicyclic) bond motifs is 1. The third-order valence-electron chi connectivity index (χ3n) is 5.63. The molecule has 4 rings (SSSR count). The first kappa shape index (κ1) is 23.7. The van der Waals surface area contributed by atoms with Gasteiger partial charge in [0.1, 0.15) is 17.4 Å². The van der Waals surface area contributed by atoms with E-state index in [1.165, 1.54) is 7.11 Å². The normalized spacial score (nSPS) is 14.5. The summed E-state index contributed by atoms with van der Waals surface area (Å²) in [5.74, 6) is 0.469. The number of carbonyl (C=O) groups excluding carboxylic acids is 1. The van der Waals surface area contributed by atoms with Crippen LogP contribution in [0.4, 0.5) is 0 Å². The van der Waals surface area contributed by atoms with E-state index >= 15 is 0 Å². The molecule has 0 bridgehead atoms. The zero-order chi connectivity index (χ0) is 24.9. The highest BCUT2D eigenvalue weighted by molar-refractivity contribution is 5.91. The van der Waals surface area contributed by atoms with Crippen LogP contribution in [0.25, 0.3) is 0 Å². The van der Waals surface area contributed by atoms with E-state index in [0.29, 0.717) is 29.5 Å². The Morgan fingerprint density at radius 3 is 2.77 bits per heavy atom. The number of rotatable bonds is 8. The molecule has 2 aromatic carbocycles. The maximum absolute atomic E-state index is 12.8. The maximum Gasteiger partial charge on any atom is 0.343 e. The first-order valence-electron chi connectivity index (χ1n) is 11.3. The van der Waals surface area contributed by atoms with Crippen LogP contribution in [0.3, 0.4) is 0 Å². The molecule has 35 heavy (non-hydrogen) atoms. The second kappa shape index (κ2) is 10.2. The van der Waals surface area contributed by atoms with Crippen molar-refractivity contribution in [2.75, 3.05) is 13.7 Å². The minimum atomic E-state index is -0.548. The van der Waals surface area contributed by atoms with E-state index in [4.69, 9.17) is 24.7 Å². The summed E-state index contributed by atoms with van der Waals surface area (Å²) in [6, 6.07) is 14.1. The SMILES string of the molecule is CCCc1[nH]nc2c1[C@@H](c1ccc(OC(=O)c3cccc(OC)c3)c(OCC)c1)C(C#N)=C(N)O2. The van der Waals surface area contributed by atoms with Gasteiger partial charge in [-0.05, 0) is 49.2 Å².